The van der Waals surface area contributed by atoms with Gasteiger partial charge in [0, 0.05) is 28.5 Å². The lowest BCUT2D eigenvalue weighted by Gasteiger charge is -2.07. The summed E-state index contributed by atoms with van der Waals surface area (Å²) >= 11 is 7.44. The molecule has 0 aliphatic heterocycles. The topological polar surface area (TPSA) is 46.4 Å². The molecule has 4 nitrogen and oxygen atoms in total. The van der Waals surface area contributed by atoms with Crippen molar-refractivity contribution in [2.24, 2.45) is 0 Å². The van der Waals surface area contributed by atoms with Crippen LogP contribution in [0, 0.1) is 6.92 Å². The van der Waals surface area contributed by atoms with Crippen LogP contribution in [-0.2, 0) is 11.2 Å². The first kappa shape index (κ1) is 13.1. The number of nitrogens with one attached hydrogen (secondary N) is 1. The van der Waals surface area contributed by atoms with Gasteiger partial charge in [-0.15, -0.1) is 11.3 Å². The number of nitrogens with zero attached hydrogens (tertiary/aromatic N) is 2. The number of aromatic nitrogens is 2. The van der Waals surface area contributed by atoms with Gasteiger partial charge in [-0.1, -0.05) is 11.6 Å². The Labute approximate surface area is 125 Å². The maximum absolute atomic E-state index is 12.0. The Morgan fingerprint density at radius 3 is 3.10 bits per heavy atom. The third kappa shape index (κ3) is 2.69. The average Bonchev–Trinajstić information content (AvgIpc) is 2.93. The highest BCUT2D eigenvalue weighted by atomic mass is 35.5. The average molecular weight is 306 g/mol. The van der Waals surface area contributed by atoms with Gasteiger partial charge in [-0.2, -0.15) is 0 Å². The molecule has 2 heterocycles. The van der Waals surface area contributed by atoms with Crippen molar-refractivity contribution in [1.82, 2.24) is 9.38 Å². The Hall–Kier alpha value is -1.85. The van der Waals surface area contributed by atoms with Gasteiger partial charge in [0.1, 0.15) is 0 Å². The minimum absolute atomic E-state index is 0.0822. The quantitative estimate of drug-likeness (QED) is 0.804. The molecule has 0 spiro atoms. The summed E-state index contributed by atoms with van der Waals surface area (Å²) in [6, 6.07) is 5.39. The van der Waals surface area contributed by atoms with Crippen LogP contribution in [-0.4, -0.2) is 15.3 Å². The number of hydrogen-bond acceptors (Lipinski definition) is 3. The molecule has 0 aliphatic rings. The monoisotopic (exact) mass is 305 g/mol. The van der Waals surface area contributed by atoms with Gasteiger partial charge in [0.25, 0.3) is 0 Å². The van der Waals surface area contributed by atoms with E-state index in [1.54, 1.807) is 23.5 Å². The van der Waals surface area contributed by atoms with Gasteiger partial charge in [0.2, 0.25) is 5.91 Å². The lowest BCUT2D eigenvalue weighted by molar-refractivity contribution is -0.115. The Morgan fingerprint density at radius 2 is 2.35 bits per heavy atom. The van der Waals surface area contributed by atoms with Crippen molar-refractivity contribution in [2.45, 2.75) is 13.3 Å². The lowest BCUT2D eigenvalue weighted by atomic mass is 10.2. The van der Waals surface area contributed by atoms with Gasteiger partial charge in [0.05, 0.1) is 12.1 Å². The zero-order chi connectivity index (χ0) is 14.1. The molecule has 0 aliphatic carbocycles. The van der Waals surface area contributed by atoms with Crippen LogP contribution in [0.2, 0.25) is 5.02 Å². The van der Waals surface area contributed by atoms with E-state index < -0.39 is 0 Å². The molecule has 3 aromatic rings. The number of benzene rings is 1. The van der Waals surface area contributed by atoms with Crippen molar-refractivity contribution in [3.8, 4) is 0 Å². The van der Waals surface area contributed by atoms with Crippen molar-refractivity contribution >= 4 is 39.5 Å². The Balaban J connectivity index is 1.71. The fourth-order valence-electron chi connectivity index (χ4n) is 1.99. The van der Waals surface area contributed by atoms with E-state index in [-0.39, 0.29) is 12.3 Å². The molecule has 20 heavy (non-hydrogen) atoms. The zero-order valence-corrected chi connectivity index (χ0v) is 12.3. The third-order valence-electron chi connectivity index (χ3n) is 2.95. The fourth-order valence-corrected chi connectivity index (χ4v) is 2.93. The van der Waals surface area contributed by atoms with Crippen LogP contribution in [0.1, 0.15) is 11.3 Å². The van der Waals surface area contributed by atoms with E-state index in [4.69, 9.17) is 11.6 Å². The first-order valence-electron chi connectivity index (χ1n) is 6.09. The highest BCUT2D eigenvalue weighted by molar-refractivity contribution is 7.15. The first-order valence-corrected chi connectivity index (χ1v) is 7.34. The van der Waals surface area contributed by atoms with Gasteiger partial charge in [-0.25, -0.2) is 4.98 Å². The van der Waals surface area contributed by atoms with Crippen LogP contribution in [0.15, 0.2) is 36.0 Å². The largest absolute Gasteiger partial charge is 0.326 e. The Bertz CT molecular complexity index is 749. The van der Waals surface area contributed by atoms with E-state index in [0.29, 0.717) is 5.02 Å². The Kier molecular flexibility index (Phi) is 3.46. The number of imidazole rings is 1. The lowest BCUT2D eigenvalue weighted by Crippen LogP contribution is -2.15. The molecule has 0 radical (unpaired) electrons. The minimum Gasteiger partial charge on any atom is -0.326 e. The van der Waals surface area contributed by atoms with Crippen molar-refractivity contribution < 1.29 is 4.79 Å². The second-order valence-corrected chi connectivity index (χ2v) is 5.82. The normalized spacial score (nSPS) is 10.9. The van der Waals surface area contributed by atoms with Crippen LogP contribution in [0.4, 0.5) is 5.69 Å². The number of thiazole rings is 1. The number of hydrogen-bond donors (Lipinski definition) is 1. The van der Waals surface area contributed by atoms with Crippen LogP contribution in [0.5, 0.6) is 0 Å². The van der Waals surface area contributed by atoms with Crippen LogP contribution < -0.4 is 5.32 Å². The highest BCUT2D eigenvalue weighted by Gasteiger charge is 2.09. The fraction of sp³-hybridized carbons (Fsp3) is 0.143. The standard InChI is InChI=1S/C14H12ClN3OS/c1-9-6-10(15)2-3-12(9)17-13(19)7-11-8-18-4-5-20-14(18)16-11/h2-6,8H,7H2,1H3,(H,17,19). The molecule has 0 saturated heterocycles. The molecule has 0 saturated carbocycles. The van der Waals surface area contributed by atoms with Crippen molar-refractivity contribution in [1.29, 1.82) is 0 Å². The van der Waals surface area contributed by atoms with Gasteiger partial charge in [-0.3, -0.25) is 9.20 Å². The van der Waals surface area contributed by atoms with E-state index in [1.165, 1.54) is 0 Å². The molecule has 102 valence electrons. The smallest absolute Gasteiger partial charge is 0.230 e. The summed E-state index contributed by atoms with van der Waals surface area (Å²) in [5.74, 6) is -0.0822. The number of fused-ring (bicyclic) bond motifs is 1. The SMILES string of the molecule is Cc1cc(Cl)ccc1NC(=O)Cc1cn2ccsc2n1. The van der Waals surface area contributed by atoms with Gasteiger partial charge in [0.15, 0.2) is 4.96 Å². The second kappa shape index (κ2) is 5.26. The zero-order valence-electron chi connectivity index (χ0n) is 10.8. The predicted octanol–water partition coefficient (Wildman–Crippen LogP) is 3.54. The maximum Gasteiger partial charge on any atom is 0.230 e. The van der Waals surface area contributed by atoms with Gasteiger partial charge in [-0.05, 0) is 30.7 Å². The molecule has 0 unspecified atom stereocenters. The summed E-state index contributed by atoms with van der Waals surface area (Å²) in [4.78, 5) is 17.3. The van der Waals surface area contributed by atoms with Crippen LogP contribution in [0.3, 0.4) is 0 Å². The van der Waals surface area contributed by atoms with E-state index in [0.717, 1.165) is 21.9 Å². The second-order valence-electron chi connectivity index (χ2n) is 4.51. The molecule has 0 fully saturated rings. The number of carbonyl (C=O) groups excluding carboxylic acids is 1. The summed E-state index contributed by atoms with van der Waals surface area (Å²) in [7, 11) is 0. The van der Waals surface area contributed by atoms with Crippen molar-refractivity contribution in [2.75, 3.05) is 5.32 Å². The van der Waals surface area contributed by atoms with Gasteiger partial charge >= 0.3 is 0 Å². The predicted molar refractivity (Wildman–Crippen MR) is 81.6 cm³/mol. The molecular weight excluding hydrogens is 294 g/mol. The number of carbonyl (C=O) groups is 1. The number of anilines is 1. The van der Waals surface area contributed by atoms with Crippen LogP contribution in [0.25, 0.3) is 4.96 Å². The van der Waals surface area contributed by atoms with E-state index in [2.05, 4.69) is 10.3 Å². The third-order valence-corrected chi connectivity index (χ3v) is 3.95. The maximum atomic E-state index is 12.0. The van der Waals surface area contributed by atoms with E-state index >= 15 is 0 Å². The van der Waals surface area contributed by atoms with Crippen LogP contribution >= 0.6 is 22.9 Å². The number of aryl methyl sites for hydroxylation is 1. The molecule has 1 amide bonds. The number of halogens is 1. The molecule has 2 aromatic heterocycles. The summed E-state index contributed by atoms with van der Waals surface area (Å²) in [5, 5.41) is 5.50. The molecular formula is C14H12ClN3OS. The summed E-state index contributed by atoms with van der Waals surface area (Å²) < 4.78 is 1.92. The molecule has 6 heteroatoms. The van der Waals surface area contributed by atoms with E-state index in [1.807, 2.05) is 35.2 Å². The highest BCUT2D eigenvalue weighted by Crippen LogP contribution is 2.20. The summed E-state index contributed by atoms with van der Waals surface area (Å²) in [5.41, 5.74) is 2.48. The van der Waals surface area contributed by atoms with Crippen molar-refractivity contribution in [3.05, 3.63) is 52.3 Å². The number of rotatable bonds is 3. The molecule has 0 atom stereocenters. The molecule has 0 bridgehead atoms. The Morgan fingerprint density at radius 1 is 1.50 bits per heavy atom. The molecule has 1 aromatic carbocycles. The first-order chi connectivity index (χ1) is 9.61. The molecule has 1 N–H and O–H groups in total. The number of amides is 1. The summed E-state index contributed by atoms with van der Waals surface area (Å²) in [6.45, 7) is 1.91. The minimum atomic E-state index is -0.0822. The van der Waals surface area contributed by atoms with Crippen molar-refractivity contribution in [3.63, 3.8) is 0 Å². The van der Waals surface area contributed by atoms with E-state index in [9.17, 15) is 4.79 Å². The molecule has 3 rings (SSSR count). The summed E-state index contributed by atoms with van der Waals surface area (Å²) in [6.07, 6.45) is 4.06. The van der Waals surface area contributed by atoms with Gasteiger partial charge < -0.3 is 5.32 Å².